The van der Waals surface area contributed by atoms with Crippen molar-refractivity contribution in [1.29, 1.82) is 0 Å². The maximum absolute atomic E-state index is 3.87. The Morgan fingerprint density at radius 3 is 2.75 bits per heavy atom. The van der Waals surface area contributed by atoms with Crippen molar-refractivity contribution in [2.75, 3.05) is 0 Å². The van der Waals surface area contributed by atoms with Crippen molar-refractivity contribution < 1.29 is 0 Å². The summed E-state index contributed by atoms with van der Waals surface area (Å²) in [4.78, 5) is 0. The van der Waals surface area contributed by atoms with Gasteiger partial charge in [-0.25, -0.2) is 0 Å². The average molecular weight is 107 g/mol. The quantitative estimate of drug-likeness (QED) is 0.456. The highest BCUT2D eigenvalue weighted by atomic mass is 15.0. The summed E-state index contributed by atoms with van der Waals surface area (Å²) in [6, 6.07) is 0.618. The van der Waals surface area contributed by atoms with Crippen molar-refractivity contribution in [3.63, 3.8) is 0 Å². The van der Waals surface area contributed by atoms with Crippen molar-refractivity contribution in [1.82, 2.24) is 5.32 Å². The second kappa shape index (κ2) is 1.16. The monoisotopic (exact) mass is 107 g/mol. The molecular weight excluding hydrogens is 98.1 g/mol. The molecular formula is C7H9N. The van der Waals surface area contributed by atoms with Crippen LogP contribution in [0.15, 0.2) is 24.4 Å². The van der Waals surface area contributed by atoms with Gasteiger partial charge in [0.05, 0.1) is 0 Å². The molecule has 0 aromatic carbocycles. The van der Waals surface area contributed by atoms with E-state index in [0.717, 1.165) is 0 Å². The largest absolute Gasteiger partial charge is 0.382 e. The van der Waals surface area contributed by atoms with Gasteiger partial charge in [0, 0.05) is 17.7 Å². The Morgan fingerprint density at radius 2 is 2.50 bits per heavy atom. The summed E-state index contributed by atoms with van der Waals surface area (Å²) in [5.74, 6) is 0.653. The molecule has 0 amide bonds. The molecule has 1 aliphatic heterocycles. The van der Waals surface area contributed by atoms with Crippen LogP contribution in [0, 0.1) is 5.92 Å². The van der Waals surface area contributed by atoms with Crippen LogP contribution in [0.2, 0.25) is 0 Å². The predicted octanol–water partition coefficient (Wildman–Crippen LogP) is 1.05. The third kappa shape index (κ3) is 0.365. The minimum atomic E-state index is 0.618. The molecule has 1 fully saturated rings. The minimum absolute atomic E-state index is 0.618. The van der Waals surface area contributed by atoms with Crippen LogP contribution in [0.1, 0.15) is 6.42 Å². The number of hydrogen-bond donors (Lipinski definition) is 1. The lowest BCUT2D eigenvalue weighted by molar-refractivity contribution is 0.754. The Morgan fingerprint density at radius 1 is 1.62 bits per heavy atom. The van der Waals surface area contributed by atoms with E-state index in [1.54, 1.807) is 0 Å². The molecule has 2 bridgehead atoms. The molecule has 1 heterocycles. The molecule has 42 valence electrons. The van der Waals surface area contributed by atoms with Crippen molar-refractivity contribution in [3.05, 3.63) is 24.4 Å². The first-order valence-electron chi connectivity index (χ1n) is 3.00. The molecule has 1 nitrogen and oxygen atoms in total. The average Bonchev–Trinajstić information content (AvgIpc) is 2.23. The summed E-state index contributed by atoms with van der Waals surface area (Å²) < 4.78 is 0. The van der Waals surface area contributed by atoms with E-state index in [1.165, 1.54) is 12.1 Å². The van der Waals surface area contributed by atoms with Gasteiger partial charge in [0.1, 0.15) is 0 Å². The van der Waals surface area contributed by atoms with Crippen molar-refractivity contribution in [2.45, 2.75) is 12.5 Å². The second-order valence-electron chi connectivity index (χ2n) is 2.50. The van der Waals surface area contributed by atoms with Gasteiger partial charge in [-0.15, -0.1) is 0 Å². The number of rotatable bonds is 0. The van der Waals surface area contributed by atoms with Crippen molar-refractivity contribution in [3.8, 4) is 0 Å². The Hall–Kier alpha value is -0.720. The van der Waals surface area contributed by atoms with E-state index >= 15 is 0 Å². The Labute approximate surface area is 49.1 Å². The summed E-state index contributed by atoms with van der Waals surface area (Å²) in [6.07, 6.45) is 5.71. The third-order valence-corrected chi connectivity index (χ3v) is 1.90. The SMILES string of the molecule is C=C1NC2C=CC1C2. The number of fused-ring (bicyclic) bond motifs is 2. The van der Waals surface area contributed by atoms with Gasteiger partial charge in [0.25, 0.3) is 0 Å². The molecule has 0 radical (unpaired) electrons. The molecule has 2 rings (SSSR count). The standard InChI is InChI=1S/C7H9N/c1-5-6-2-3-7(4-6)8-5/h2-3,6-8H,1,4H2. The topological polar surface area (TPSA) is 12.0 Å². The van der Waals surface area contributed by atoms with Gasteiger partial charge in [-0.2, -0.15) is 0 Å². The van der Waals surface area contributed by atoms with Gasteiger partial charge in [-0.05, 0) is 6.42 Å². The van der Waals surface area contributed by atoms with Gasteiger partial charge >= 0.3 is 0 Å². The zero-order valence-electron chi connectivity index (χ0n) is 4.72. The van der Waals surface area contributed by atoms with E-state index in [0.29, 0.717) is 12.0 Å². The van der Waals surface area contributed by atoms with Crippen LogP contribution < -0.4 is 5.32 Å². The van der Waals surface area contributed by atoms with Gasteiger partial charge in [-0.1, -0.05) is 18.7 Å². The molecule has 1 heteroatoms. The summed E-state index contributed by atoms with van der Waals surface area (Å²) in [7, 11) is 0. The van der Waals surface area contributed by atoms with E-state index in [2.05, 4.69) is 24.0 Å². The first-order valence-corrected chi connectivity index (χ1v) is 3.00. The molecule has 0 spiro atoms. The third-order valence-electron chi connectivity index (χ3n) is 1.90. The summed E-state index contributed by atoms with van der Waals surface area (Å²) in [5.41, 5.74) is 1.21. The Bertz CT molecular complexity index is 158. The zero-order valence-corrected chi connectivity index (χ0v) is 4.72. The summed E-state index contributed by atoms with van der Waals surface area (Å²) in [6.45, 7) is 3.87. The molecule has 1 saturated heterocycles. The lowest BCUT2D eigenvalue weighted by Gasteiger charge is -2.07. The molecule has 2 atom stereocenters. The molecule has 0 aromatic heterocycles. The normalized spacial score (nSPS) is 40.8. The van der Waals surface area contributed by atoms with E-state index in [1.807, 2.05) is 0 Å². The molecule has 0 saturated carbocycles. The van der Waals surface area contributed by atoms with Crippen LogP contribution in [0.5, 0.6) is 0 Å². The first kappa shape index (κ1) is 4.19. The van der Waals surface area contributed by atoms with E-state index in [9.17, 15) is 0 Å². The smallest absolute Gasteiger partial charge is 0.0451 e. The van der Waals surface area contributed by atoms with Crippen molar-refractivity contribution >= 4 is 0 Å². The van der Waals surface area contributed by atoms with Crippen molar-refractivity contribution in [2.24, 2.45) is 5.92 Å². The molecule has 2 aliphatic rings. The fourth-order valence-corrected chi connectivity index (χ4v) is 1.41. The van der Waals surface area contributed by atoms with E-state index in [4.69, 9.17) is 0 Å². The number of allylic oxidation sites excluding steroid dienone is 1. The van der Waals surface area contributed by atoms with Gasteiger partial charge in [0.15, 0.2) is 0 Å². The molecule has 1 aliphatic carbocycles. The summed E-state index contributed by atoms with van der Waals surface area (Å²) in [5, 5.41) is 3.27. The van der Waals surface area contributed by atoms with Crippen LogP contribution in [0.4, 0.5) is 0 Å². The van der Waals surface area contributed by atoms with Gasteiger partial charge in [-0.3, -0.25) is 0 Å². The number of nitrogens with one attached hydrogen (secondary N) is 1. The molecule has 0 aromatic rings. The fourth-order valence-electron chi connectivity index (χ4n) is 1.41. The molecule has 1 N–H and O–H groups in total. The maximum Gasteiger partial charge on any atom is 0.0451 e. The predicted molar refractivity (Wildman–Crippen MR) is 33.3 cm³/mol. The highest BCUT2D eigenvalue weighted by Gasteiger charge is 2.28. The lowest BCUT2D eigenvalue weighted by Crippen LogP contribution is -2.17. The number of hydrogen-bond acceptors (Lipinski definition) is 1. The van der Waals surface area contributed by atoms with Crippen LogP contribution >= 0.6 is 0 Å². The van der Waals surface area contributed by atoms with E-state index < -0.39 is 0 Å². The Kier molecular flexibility index (Phi) is 0.608. The first-order chi connectivity index (χ1) is 3.86. The van der Waals surface area contributed by atoms with Crippen LogP contribution in [0.25, 0.3) is 0 Å². The zero-order chi connectivity index (χ0) is 5.56. The minimum Gasteiger partial charge on any atom is -0.382 e. The molecule has 8 heavy (non-hydrogen) atoms. The van der Waals surface area contributed by atoms with Crippen LogP contribution in [-0.2, 0) is 0 Å². The summed E-state index contributed by atoms with van der Waals surface area (Å²) >= 11 is 0. The van der Waals surface area contributed by atoms with Gasteiger partial charge < -0.3 is 5.32 Å². The maximum atomic E-state index is 3.87. The highest BCUT2D eigenvalue weighted by Crippen LogP contribution is 2.29. The lowest BCUT2D eigenvalue weighted by atomic mass is 10.1. The Balaban J connectivity index is 2.35. The van der Waals surface area contributed by atoms with Crippen LogP contribution in [0.3, 0.4) is 0 Å². The highest BCUT2D eigenvalue weighted by molar-refractivity contribution is 5.25. The van der Waals surface area contributed by atoms with Gasteiger partial charge in [0.2, 0.25) is 0 Å². The van der Waals surface area contributed by atoms with Crippen LogP contribution in [-0.4, -0.2) is 6.04 Å². The fraction of sp³-hybridized carbons (Fsp3) is 0.429. The molecule has 2 unspecified atom stereocenters. The van der Waals surface area contributed by atoms with E-state index in [-0.39, 0.29) is 0 Å². The second-order valence-corrected chi connectivity index (χ2v) is 2.50.